The third-order valence-electron chi connectivity index (χ3n) is 1.22. The molecule has 0 N–H and O–H groups in total. The van der Waals surface area contributed by atoms with Gasteiger partial charge in [-0.1, -0.05) is 6.58 Å². The van der Waals surface area contributed by atoms with Gasteiger partial charge in [0.15, 0.2) is 6.29 Å². The van der Waals surface area contributed by atoms with Crippen LogP contribution in [-0.4, -0.2) is 32.1 Å². The molecule has 1 fully saturated rings. The Bertz CT molecular complexity index is 149. The molecule has 1 aliphatic heterocycles. The van der Waals surface area contributed by atoms with E-state index in [1.54, 1.807) is 0 Å². The van der Waals surface area contributed by atoms with Crippen LogP contribution in [-0.2, 0) is 19.0 Å². The first-order chi connectivity index (χ1) is 5.33. The molecule has 0 atom stereocenters. The highest BCUT2D eigenvalue weighted by Gasteiger charge is 2.16. The fourth-order valence-electron chi connectivity index (χ4n) is 0.713. The highest BCUT2D eigenvalue weighted by molar-refractivity contribution is 5.81. The van der Waals surface area contributed by atoms with Crippen LogP contribution in [0.3, 0.4) is 0 Å². The van der Waals surface area contributed by atoms with Crippen LogP contribution in [0, 0.1) is 0 Å². The van der Waals surface area contributed by atoms with Gasteiger partial charge in [0.25, 0.3) is 0 Å². The standard InChI is InChI=1S/C7H10O4/c1-2-6(8)11-5-7-9-3-4-10-7/h2,7H,1,3-5H2. The molecular weight excluding hydrogens is 148 g/mol. The summed E-state index contributed by atoms with van der Waals surface area (Å²) in [7, 11) is 0. The molecule has 4 heteroatoms. The zero-order valence-electron chi connectivity index (χ0n) is 6.12. The van der Waals surface area contributed by atoms with Gasteiger partial charge in [-0.15, -0.1) is 0 Å². The van der Waals surface area contributed by atoms with E-state index in [1.165, 1.54) is 0 Å². The maximum Gasteiger partial charge on any atom is 0.330 e. The van der Waals surface area contributed by atoms with Gasteiger partial charge >= 0.3 is 5.97 Å². The summed E-state index contributed by atoms with van der Waals surface area (Å²) < 4.78 is 14.7. The van der Waals surface area contributed by atoms with Gasteiger partial charge in [-0.05, 0) is 0 Å². The predicted octanol–water partition coefficient (Wildman–Crippen LogP) is 0.0885. The van der Waals surface area contributed by atoms with E-state index in [0.29, 0.717) is 13.2 Å². The minimum atomic E-state index is -0.455. The van der Waals surface area contributed by atoms with Gasteiger partial charge in [-0.3, -0.25) is 0 Å². The smallest absolute Gasteiger partial charge is 0.330 e. The van der Waals surface area contributed by atoms with Crippen LogP contribution in [0.5, 0.6) is 0 Å². The molecule has 0 spiro atoms. The Morgan fingerprint density at radius 1 is 1.64 bits per heavy atom. The van der Waals surface area contributed by atoms with Crippen LogP contribution in [0.2, 0.25) is 0 Å². The van der Waals surface area contributed by atoms with Crippen LogP contribution < -0.4 is 0 Å². The van der Waals surface area contributed by atoms with E-state index in [9.17, 15) is 4.79 Å². The maximum atomic E-state index is 10.5. The minimum absolute atomic E-state index is 0.144. The Morgan fingerprint density at radius 2 is 2.27 bits per heavy atom. The lowest BCUT2D eigenvalue weighted by Crippen LogP contribution is -2.18. The molecule has 0 aromatic rings. The van der Waals surface area contributed by atoms with Crippen molar-refractivity contribution in [1.82, 2.24) is 0 Å². The second-order valence-corrected chi connectivity index (χ2v) is 2.01. The topological polar surface area (TPSA) is 44.8 Å². The normalized spacial score (nSPS) is 18.2. The summed E-state index contributed by atoms with van der Waals surface area (Å²) in [5.41, 5.74) is 0. The van der Waals surface area contributed by atoms with Crippen molar-refractivity contribution in [3.05, 3.63) is 12.7 Å². The van der Waals surface area contributed by atoms with Gasteiger partial charge in [-0.25, -0.2) is 4.79 Å². The predicted molar refractivity (Wildman–Crippen MR) is 36.8 cm³/mol. The van der Waals surface area contributed by atoms with Gasteiger partial charge in [-0.2, -0.15) is 0 Å². The second kappa shape index (κ2) is 4.10. The molecule has 0 aromatic heterocycles. The summed E-state index contributed by atoms with van der Waals surface area (Å²) in [4.78, 5) is 10.5. The molecule has 0 aliphatic carbocycles. The van der Waals surface area contributed by atoms with Crippen LogP contribution in [0.1, 0.15) is 0 Å². The van der Waals surface area contributed by atoms with E-state index in [-0.39, 0.29) is 12.9 Å². The maximum absolute atomic E-state index is 10.5. The van der Waals surface area contributed by atoms with E-state index in [1.807, 2.05) is 0 Å². The summed E-state index contributed by atoms with van der Waals surface area (Å²) >= 11 is 0. The van der Waals surface area contributed by atoms with Crippen molar-refractivity contribution in [2.45, 2.75) is 6.29 Å². The molecule has 62 valence electrons. The third-order valence-corrected chi connectivity index (χ3v) is 1.22. The summed E-state index contributed by atoms with van der Waals surface area (Å²) in [6, 6.07) is 0. The number of carbonyl (C=O) groups excluding carboxylic acids is 1. The molecule has 0 aromatic carbocycles. The monoisotopic (exact) mass is 158 g/mol. The van der Waals surface area contributed by atoms with Crippen molar-refractivity contribution in [3.8, 4) is 0 Å². The lowest BCUT2D eigenvalue weighted by atomic mass is 10.6. The zero-order chi connectivity index (χ0) is 8.10. The Hall–Kier alpha value is -0.870. The van der Waals surface area contributed by atoms with Crippen LogP contribution in [0.15, 0.2) is 12.7 Å². The number of esters is 1. The van der Waals surface area contributed by atoms with E-state index in [4.69, 9.17) is 9.47 Å². The van der Waals surface area contributed by atoms with Crippen molar-refractivity contribution in [3.63, 3.8) is 0 Å². The van der Waals surface area contributed by atoms with Gasteiger partial charge in [0.05, 0.1) is 13.2 Å². The first-order valence-corrected chi connectivity index (χ1v) is 3.35. The molecular formula is C7H10O4. The fraction of sp³-hybridized carbons (Fsp3) is 0.571. The van der Waals surface area contributed by atoms with Crippen LogP contribution in [0.25, 0.3) is 0 Å². The van der Waals surface area contributed by atoms with Crippen molar-refractivity contribution in [1.29, 1.82) is 0 Å². The first kappa shape index (κ1) is 8.23. The molecule has 0 amide bonds. The van der Waals surface area contributed by atoms with Crippen molar-refractivity contribution in [2.75, 3.05) is 19.8 Å². The molecule has 0 unspecified atom stereocenters. The lowest BCUT2D eigenvalue weighted by Gasteiger charge is -2.07. The average Bonchev–Trinajstić information content (AvgIpc) is 2.52. The number of ether oxygens (including phenoxy) is 3. The van der Waals surface area contributed by atoms with Crippen molar-refractivity contribution in [2.24, 2.45) is 0 Å². The molecule has 11 heavy (non-hydrogen) atoms. The van der Waals surface area contributed by atoms with Gasteiger partial charge in [0.2, 0.25) is 0 Å². The average molecular weight is 158 g/mol. The molecule has 1 saturated heterocycles. The fourth-order valence-corrected chi connectivity index (χ4v) is 0.713. The van der Waals surface area contributed by atoms with Crippen LogP contribution >= 0.6 is 0 Å². The first-order valence-electron chi connectivity index (χ1n) is 3.35. The molecule has 4 nitrogen and oxygen atoms in total. The van der Waals surface area contributed by atoms with Gasteiger partial charge in [0, 0.05) is 6.08 Å². The van der Waals surface area contributed by atoms with Crippen LogP contribution in [0.4, 0.5) is 0 Å². The Balaban J connectivity index is 2.10. The molecule has 0 bridgehead atoms. The number of hydrogen-bond acceptors (Lipinski definition) is 4. The Morgan fingerprint density at radius 3 is 2.82 bits per heavy atom. The number of carbonyl (C=O) groups is 1. The minimum Gasteiger partial charge on any atom is -0.457 e. The summed E-state index contributed by atoms with van der Waals surface area (Å²) in [6.45, 7) is 4.52. The largest absolute Gasteiger partial charge is 0.457 e. The molecule has 0 radical (unpaired) electrons. The SMILES string of the molecule is C=CC(=O)OCC1OCCO1. The van der Waals surface area contributed by atoms with Crippen molar-refractivity contribution < 1.29 is 19.0 Å². The summed E-state index contributed by atoms with van der Waals surface area (Å²) in [6.07, 6.45) is 0.716. The molecule has 1 heterocycles. The van der Waals surface area contributed by atoms with E-state index < -0.39 is 5.97 Å². The van der Waals surface area contributed by atoms with Gasteiger partial charge in [0.1, 0.15) is 6.61 Å². The number of hydrogen-bond donors (Lipinski definition) is 0. The third kappa shape index (κ3) is 2.69. The summed E-state index contributed by atoms with van der Waals surface area (Å²) in [5.74, 6) is -0.455. The summed E-state index contributed by atoms with van der Waals surface area (Å²) in [5, 5.41) is 0. The molecule has 0 saturated carbocycles. The number of rotatable bonds is 3. The molecule has 1 aliphatic rings. The van der Waals surface area contributed by atoms with Crippen molar-refractivity contribution >= 4 is 5.97 Å². The molecule has 1 rings (SSSR count). The second-order valence-electron chi connectivity index (χ2n) is 2.01. The Kier molecular flexibility index (Phi) is 3.07. The Labute approximate surface area is 64.7 Å². The van der Waals surface area contributed by atoms with E-state index >= 15 is 0 Å². The highest BCUT2D eigenvalue weighted by atomic mass is 16.7. The quantitative estimate of drug-likeness (QED) is 0.431. The zero-order valence-corrected chi connectivity index (χ0v) is 6.12. The lowest BCUT2D eigenvalue weighted by molar-refractivity contribution is -0.150. The van der Waals surface area contributed by atoms with E-state index in [0.717, 1.165) is 6.08 Å². The highest BCUT2D eigenvalue weighted by Crippen LogP contribution is 2.03. The van der Waals surface area contributed by atoms with E-state index in [2.05, 4.69) is 11.3 Å². The van der Waals surface area contributed by atoms with Gasteiger partial charge < -0.3 is 14.2 Å².